The van der Waals surface area contributed by atoms with Crippen molar-refractivity contribution < 1.29 is 0 Å². The summed E-state index contributed by atoms with van der Waals surface area (Å²) in [4.78, 5) is 7.07. The van der Waals surface area contributed by atoms with Gasteiger partial charge in [-0.15, -0.1) is 0 Å². The monoisotopic (exact) mass is 853 g/mol. The summed E-state index contributed by atoms with van der Waals surface area (Å²) in [5.41, 5.74) is 18.5. The zero-order valence-electron chi connectivity index (χ0n) is 36.7. The second-order valence-corrected chi connectivity index (χ2v) is 17.5. The standard InChI is InChI=1S/C64H43N3/c1-4-23-48(24-5-1)64(49-25-6-2-7-26-49)56-33-15-12-32-54(56)63-57(64)34-19-37-61(63)67-59-36-17-14-31-53(59)55-41-45(38-39-60(55)67)44-21-18-22-46(40-44)51-29-13-16-35-58(51)66(50-27-8-3-9-28-50)62-43-65-42-47-20-10-11-30-52(47)62/h1-43H. The van der Waals surface area contributed by atoms with E-state index in [1.165, 1.54) is 66.4 Å². The molecular formula is C64H43N3. The molecule has 0 unspecified atom stereocenters. The lowest BCUT2D eigenvalue weighted by atomic mass is 9.68. The van der Waals surface area contributed by atoms with Crippen molar-refractivity contribution in [3.63, 3.8) is 0 Å². The second-order valence-electron chi connectivity index (χ2n) is 17.5. The first-order valence-corrected chi connectivity index (χ1v) is 23.0. The quantitative estimate of drug-likeness (QED) is 0.152. The van der Waals surface area contributed by atoms with Crippen LogP contribution in [0, 0.1) is 0 Å². The maximum Gasteiger partial charge on any atom is 0.0723 e. The van der Waals surface area contributed by atoms with Gasteiger partial charge in [-0.2, -0.15) is 0 Å². The van der Waals surface area contributed by atoms with Gasteiger partial charge in [-0.05, 0) is 93.0 Å². The van der Waals surface area contributed by atoms with Crippen molar-refractivity contribution in [1.29, 1.82) is 0 Å². The van der Waals surface area contributed by atoms with E-state index in [1.807, 2.05) is 12.4 Å². The van der Waals surface area contributed by atoms with E-state index in [-0.39, 0.29) is 0 Å². The highest BCUT2D eigenvalue weighted by atomic mass is 15.2. The molecule has 0 spiro atoms. The fraction of sp³-hybridized carbons (Fsp3) is 0.0156. The maximum atomic E-state index is 4.72. The van der Waals surface area contributed by atoms with Crippen molar-refractivity contribution in [2.45, 2.75) is 5.41 Å². The van der Waals surface area contributed by atoms with Crippen LogP contribution in [-0.4, -0.2) is 9.55 Å². The molecule has 0 bridgehead atoms. The van der Waals surface area contributed by atoms with Crippen LogP contribution < -0.4 is 4.90 Å². The molecule has 3 nitrogen and oxygen atoms in total. The van der Waals surface area contributed by atoms with Gasteiger partial charge >= 0.3 is 0 Å². The summed E-state index contributed by atoms with van der Waals surface area (Å²) in [7, 11) is 0. The van der Waals surface area contributed by atoms with Gasteiger partial charge in [0.05, 0.1) is 39.7 Å². The van der Waals surface area contributed by atoms with Gasteiger partial charge < -0.3 is 9.47 Å². The van der Waals surface area contributed by atoms with E-state index >= 15 is 0 Å². The first-order chi connectivity index (χ1) is 33.3. The maximum absolute atomic E-state index is 4.72. The van der Waals surface area contributed by atoms with Crippen LogP contribution in [0.3, 0.4) is 0 Å². The third-order valence-corrected chi connectivity index (χ3v) is 13.9. The molecule has 0 aliphatic heterocycles. The number of aromatic nitrogens is 2. The molecule has 1 aliphatic carbocycles. The highest BCUT2D eigenvalue weighted by molar-refractivity contribution is 6.11. The molecule has 0 atom stereocenters. The smallest absolute Gasteiger partial charge is 0.0723 e. The van der Waals surface area contributed by atoms with E-state index in [2.05, 4.69) is 258 Å². The first-order valence-electron chi connectivity index (χ1n) is 23.0. The van der Waals surface area contributed by atoms with Crippen molar-refractivity contribution in [2.75, 3.05) is 4.90 Å². The fourth-order valence-electron chi connectivity index (χ4n) is 11.1. The van der Waals surface area contributed by atoms with Gasteiger partial charge in [0, 0.05) is 44.6 Å². The first kappa shape index (κ1) is 38.6. The zero-order valence-corrected chi connectivity index (χ0v) is 36.7. The molecule has 314 valence electrons. The highest BCUT2D eigenvalue weighted by Crippen LogP contribution is 2.58. The Morgan fingerprint density at radius 2 is 0.970 bits per heavy atom. The number of rotatable bonds is 8. The lowest BCUT2D eigenvalue weighted by Gasteiger charge is -2.34. The predicted molar refractivity (Wildman–Crippen MR) is 279 cm³/mol. The Morgan fingerprint density at radius 1 is 0.373 bits per heavy atom. The molecule has 0 radical (unpaired) electrons. The summed E-state index contributed by atoms with van der Waals surface area (Å²) < 4.78 is 2.50. The van der Waals surface area contributed by atoms with Gasteiger partial charge in [0.25, 0.3) is 0 Å². The van der Waals surface area contributed by atoms with E-state index in [9.17, 15) is 0 Å². The predicted octanol–water partition coefficient (Wildman–Crippen LogP) is 16.5. The average molecular weight is 854 g/mol. The van der Waals surface area contributed by atoms with E-state index in [1.54, 1.807) is 0 Å². The average Bonchev–Trinajstić information content (AvgIpc) is 3.90. The van der Waals surface area contributed by atoms with Gasteiger partial charge in [0.1, 0.15) is 0 Å². The topological polar surface area (TPSA) is 21.1 Å². The molecule has 0 saturated heterocycles. The van der Waals surface area contributed by atoms with Gasteiger partial charge in [0.15, 0.2) is 0 Å². The Labute approximate surface area is 390 Å². The van der Waals surface area contributed by atoms with E-state index in [4.69, 9.17) is 4.98 Å². The van der Waals surface area contributed by atoms with Crippen LogP contribution in [0.25, 0.3) is 71.6 Å². The fourth-order valence-corrected chi connectivity index (χ4v) is 11.1. The minimum Gasteiger partial charge on any atom is -0.309 e. The molecular weight excluding hydrogens is 811 g/mol. The van der Waals surface area contributed by atoms with Crippen molar-refractivity contribution in [3.8, 4) is 39.1 Å². The molecule has 67 heavy (non-hydrogen) atoms. The lowest BCUT2D eigenvalue weighted by Crippen LogP contribution is -2.28. The van der Waals surface area contributed by atoms with Crippen LogP contribution in [0.4, 0.5) is 17.1 Å². The Morgan fingerprint density at radius 3 is 1.78 bits per heavy atom. The lowest BCUT2D eigenvalue weighted by molar-refractivity contribution is 0.768. The number of para-hydroxylation sites is 3. The van der Waals surface area contributed by atoms with E-state index in [0.29, 0.717) is 0 Å². The summed E-state index contributed by atoms with van der Waals surface area (Å²) in [5.74, 6) is 0. The van der Waals surface area contributed by atoms with Gasteiger partial charge in [-0.1, -0.05) is 200 Å². The zero-order chi connectivity index (χ0) is 44.3. The summed E-state index contributed by atoms with van der Waals surface area (Å²) in [5, 5.41) is 4.70. The molecule has 0 N–H and O–H groups in total. The molecule has 1 aliphatic rings. The van der Waals surface area contributed by atoms with Crippen LogP contribution in [0.2, 0.25) is 0 Å². The summed E-state index contributed by atoms with van der Waals surface area (Å²) in [6.45, 7) is 0. The number of anilines is 3. The largest absolute Gasteiger partial charge is 0.309 e. The normalized spacial score (nSPS) is 12.6. The van der Waals surface area contributed by atoms with Crippen molar-refractivity contribution >= 4 is 49.6 Å². The van der Waals surface area contributed by atoms with Crippen LogP contribution in [0.5, 0.6) is 0 Å². The van der Waals surface area contributed by atoms with Crippen molar-refractivity contribution in [2.24, 2.45) is 0 Å². The number of benzene rings is 10. The van der Waals surface area contributed by atoms with Crippen molar-refractivity contribution in [3.05, 3.63) is 283 Å². The number of pyridine rings is 1. The molecule has 10 aromatic carbocycles. The highest BCUT2D eigenvalue weighted by Gasteiger charge is 2.47. The summed E-state index contributed by atoms with van der Waals surface area (Å²) in [6.07, 6.45) is 3.93. The SMILES string of the molecule is c1ccc(N(c2ccccc2-c2cccc(-c3ccc4c(c3)c3ccccc3n4-c3cccc4c3-c3ccccc3C4(c3ccccc3)c3ccccc3)c2)c2cncc3ccccc23)cc1. The Bertz CT molecular complexity index is 3770. The van der Waals surface area contributed by atoms with Crippen LogP contribution in [0.15, 0.2) is 261 Å². The second kappa shape index (κ2) is 15.7. The number of hydrogen-bond donors (Lipinski definition) is 0. The Balaban J connectivity index is 0.973. The Kier molecular flexibility index (Phi) is 9.07. The van der Waals surface area contributed by atoms with Crippen LogP contribution in [-0.2, 0) is 5.41 Å². The third kappa shape index (κ3) is 6.02. The summed E-state index contributed by atoms with van der Waals surface area (Å²) >= 11 is 0. The molecule has 12 aromatic rings. The minimum absolute atomic E-state index is 0.482. The molecule has 3 heteroatoms. The Hall–Kier alpha value is -8.79. The number of hydrogen-bond acceptors (Lipinski definition) is 2. The van der Waals surface area contributed by atoms with Crippen LogP contribution >= 0.6 is 0 Å². The van der Waals surface area contributed by atoms with Crippen LogP contribution in [0.1, 0.15) is 22.3 Å². The van der Waals surface area contributed by atoms with E-state index < -0.39 is 5.41 Å². The molecule has 0 saturated carbocycles. The van der Waals surface area contributed by atoms with Gasteiger partial charge in [-0.25, -0.2) is 0 Å². The summed E-state index contributed by atoms with van der Waals surface area (Å²) in [6, 6.07) is 90.8. The van der Waals surface area contributed by atoms with Gasteiger partial charge in [0.2, 0.25) is 0 Å². The molecule has 0 fully saturated rings. The number of fused-ring (bicyclic) bond motifs is 7. The molecule has 2 aromatic heterocycles. The number of nitrogens with zero attached hydrogens (tertiary/aromatic N) is 3. The van der Waals surface area contributed by atoms with Crippen molar-refractivity contribution in [1.82, 2.24) is 9.55 Å². The third-order valence-electron chi connectivity index (χ3n) is 13.9. The molecule has 0 amide bonds. The molecule has 13 rings (SSSR count). The minimum atomic E-state index is -0.482. The van der Waals surface area contributed by atoms with Gasteiger partial charge in [-0.3, -0.25) is 4.98 Å². The molecule has 2 heterocycles. The van der Waals surface area contributed by atoms with E-state index in [0.717, 1.165) is 44.5 Å².